The number of hydrogen-bond acceptors (Lipinski definition) is 2. The van der Waals surface area contributed by atoms with Gasteiger partial charge in [0.05, 0.1) is 10.6 Å². The maximum Gasteiger partial charge on any atom is 0.256 e. The lowest BCUT2D eigenvalue weighted by Gasteiger charge is -2.14. The lowest BCUT2D eigenvalue weighted by atomic mass is 10.1. The molecule has 1 amide bonds. The van der Waals surface area contributed by atoms with Gasteiger partial charge in [-0.1, -0.05) is 17.7 Å². The van der Waals surface area contributed by atoms with Crippen LogP contribution < -0.4 is 5.32 Å². The van der Waals surface area contributed by atoms with Gasteiger partial charge in [-0.2, -0.15) is 0 Å². The van der Waals surface area contributed by atoms with Gasteiger partial charge in [-0.15, -0.1) is 0 Å². The summed E-state index contributed by atoms with van der Waals surface area (Å²) < 4.78 is 0. The van der Waals surface area contributed by atoms with Crippen LogP contribution in [0.15, 0.2) is 18.2 Å². The summed E-state index contributed by atoms with van der Waals surface area (Å²) in [5.41, 5.74) is 1.26. The van der Waals surface area contributed by atoms with E-state index in [9.17, 15) is 4.79 Å². The molecule has 0 aliphatic heterocycles. The Labute approximate surface area is 88.7 Å². The summed E-state index contributed by atoms with van der Waals surface area (Å²) in [7, 11) is 5.16. The van der Waals surface area contributed by atoms with Gasteiger partial charge in [-0.25, -0.2) is 0 Å². The quantitative estimate of drug-likeness (QED) is 0.814. The van der Waals surface area contributed by atoms with Crippen LogP contribution in [0, 0.1) is 0 Å². The van der Waals surface area contributed by atoms with E-state index in [1.54, 1.807) is 33.3 Å². The molecule has 0 heterocycles. The van der Waals surface area contributed by atoms with Crippen LogP contribution in [0.4, 0.5) is 5.69 Å². The highest BCUT2D eigenvalue weighted by molar-refractivity contribution is 6.34. The highest BCUT2D eigenvalue weighted by atomic mass is 35.5. The first-order valence-corrected chi connectivity index (χ1v) is 4.63. The zero-order valence-corrected chi connectivity index (χ0v) is 9.22. The fourth-order valence-corrected chi connectivity index (χ4v) is 1.43. The SMILES string of the molecule is CNc1cccc(Cl)c1C(=O)N(C)C. The predicted octanol–water partition coefficient (Wildman–Crippen LogP) is 2.08. The first kappa shape index (κ1) is 10.9. The van der Waals surface area contributed by atoms with Crippen LogP contribution in [0.1, 0.15) is 10.4 Å². The third-order valence-corrected chi connectivity index (χ3v) is 2.22. The number of anilines is 1. The van der Waals surface area contributed by atoms with E-state index in [1.165, 1.54) is 4.90 Å². The molecule has 76 valence electrons. The Morgan fingerprint density at radius 2 is 2.07 bits per heavy atom. The minimum absolute atomic E-state index is 0.0973. The second kappa shape index (κ2) is 4.33. The molecule has 0 atom stereocenters. The number of carbonyl (C=O) groups excluding carboxylic acids is 1. The molecule has 0 unspecified atom stereocenters. The summed E-state index contributed by atoms with van der Waals surface area (Å²) in [6.07, 6.45) is 0. The van der Waals surface area contributed by atoms with Crippen molar-refractivity contribution >= 4 is 23.2 Å². The lowest BCUT2D eigenvalue weighted by molar-refractivity contribution is 0.0828. The van der Waals surface area contributed by atoms with Crippen molar-refractivity contribution in [1.29, 1.82) is 0 Å². The second-order valence-corrected chi connectivity index (χ2v) is 3.52. The maximum atomic E-state index is 11.7. The molecular formula is C10H13ClN2O. The van der Waals surface area contributed by atoms with Gasteiger partial charge in [0.25, 0.3) is 5.91 Å². The molecule has 0 bridgehead atoms. The topological polar surface area (TPSA) is 32.3 Å². The minimum Gasteiger partial charge on any atom is -0.387 e. The van der Waals surface area contributed by atoms with Crippen LogP contribution in [0.5, 0.6) is 0 Å². The molecule has 1 aromatic rings. The molecule has 3 nitrogen and oxygen atoms in total. The number of nitrogens with one attached hydrogen (secondary N) is 1. The lowest BCUT2D eigenvalue weighted by Crippen LogP contribution is -2.23. The number of rotatable bonds is 2. The Kier molecular flexibility index (Phi) is 3.36. The van der Waals surface area contributed by atoms with Crippen molar-refractivity contribution < 1.29 is 4.79 Å². The number of amides is 1. The fourth-order valence-electron chi connectivity index (χ4n) is 1.17. The molecule has 0 fully saturated rings. The number of halogens is 1. The van der Waals surface area contributed by atoms with Gasteiger partial charge in [0, 0.05) is 26.8 Å². The Balaban J connectivity index is 3.23. The molecular weight excluding hydrogens is 200 g/mol. The molecule has 4 heteroatoms. The highest BCUT2D eigenvalue weighted by Gasteiger charge is 2.15. The van der Waals surface area contributed by atoms with Crippen LogP contribution in [-0.2, 0) is 0 Å². The maximum absolute atomic E-state index is 11.7. The number of carbonyl (C=O) groups is 1. The Morgan fingerprint density at radius 3 is 2.57 bits per heavy atom. The summed E-state index contributed by atoms with van der Waals surface area (Å²) >= 11 is 5.96. The molecule has 14 heavy (non-hydrogen) atoms. The third kappa shape index (κ3) is 1.99. The molecule has 0 aromatic heterocycles. The highest BCUT2D eigenvalue weighted by Crippen LogP contribution is 2.24. The van der Waals surface area contributed by atoms with Gasteiger partial charge in [0.1, 0.15) is 0 Å². The van der Waals surface area contributed by atoms with Gasteiger partial charge >= 0.3 is 0 Å². The van der Waals surface area contributed by atoms with Crippen LogP contribution in [-0.4, -0.2) is 32.0 Å². The molecule has 1 N–H and O–H groups in total. The van der Waals surface area contributed by atoms with E-state index in [4.69, 9.17) is 11.6 Å². The van der Waals surface area contributed by atoms with Gasteiger partial charge < -0.3 is 10.2 Å². The van der Waals surface area contributed by atoms with Gasteiger partial charge in [0.2, 0.25) is 0 Å². The monoisotopic (exact) mass is 212 g/mol. The summed E-state index contributed by atoms with van der Waals surface area (Å²) in [5, 5.41) is 3.41. The van der Waals surface area contributed by atoms with Crippen LogP contribution in [0.25, 0.3) is 0 Å². The summed E-state index contributed by atoms with van der Waals surface area (Å²) in [5.74, 6) is -0.0973. The fraction of sp³-hybridized carbons (Fsp3) is 0.300. The van der Waals surface area contributed by atoms with E-state index in [-0.39, 0.29) is 5.91 Å². The van der Waals surface area contributed by atoms with Crippen molar-refractivity contribution in [2.24, 2.45) is 0 Å². The first-order valence-electron chi connectivity index (χ1n) is 4.26. The molecule has 1 aromatic carbocycles. The van der Waals surface area contributed by atoms with Crippen molar-refractivity contribution in [2.45, 2.75) is 0 Å². The molecule has 0 aliphatic rings. The Hall–Kier alpha value is -1.22. The summed E-state index contributed by atoms with van der Waals surface area (Å²) in [6, 6.07) is 5.34. The zero-order valence-electron chi connectivity index (χ0n) is 8.47. The molecule has 0 saturated heterocycles. The minimum atomic E-state index is -0.0973. The van der Waals surface area contributed by atoms with Crippen molar-refractivity contribution in [1.82, 2.24) is 4.90 Å². The van der Waals surface area contributed by atoms with Crippen LogP contribution in [0.3, 0.4) is 0 Å². The third-order valence-electron chi connectivity index (χ3n) is 1.90. The van der Waals surface area contributed by atoms with E-state index >= 15 is 0 Å². The molecule has 0 saturated carbocycles. The normalized spacial score (nSPS) is 9.71. The van der Waals surface area contributed by atoms with Gasteiger partial charge in [0.15, 0.2) is 0 Å². The number of benzene rings is 1. The molecule has 0 spiro atoms. The summed E-state index contributed by atoms with van der Waals surface area (Å²) in [4.78, 5) is 13.2. The first-order chi connectivity index (χ1) is 6.57. The van der Waals surface area contributed by atoms with Crippen molar-refractivity contribution in [2.75, 3.05) is 26.5 Å². The van der Waals surface area contributed by atoms with Crippen LogP contribution in [0.2, 0.25) is 5.02 Å². The van der Waals surface area contributed by atoms with Gasteiger partial charge in [-0.3, -0.25) is 4.79 Å². The average Bonchev–Trinajstić information content (AvgIpc) is 2.16. The predicted molar refractivity (Wildman–Crippen MR) is 59.0 cm³/mol. The van der Waals surface area contributed by atoms with Crippen molar-refractivity contribution in [3.63, 3.8) is 0 Å². The van der Waals surface area contributed by atoms with E-state index < -0.39 is 0 Å². The smallest absolute Gasteiger partial charge is 0.256 e. The van der Waals surface area contributed by atoms with Crippen molar-refractivity contribution in [3.05, 3.63) is 28.8 Å². The van der Waals surface area contributed by atoms with E-state index in [0.29, 0.717) is 10.6 Å². The number of hydrogen-bond donors (Lipinski definition) is 1. The van der Waals surface area contributed by atoms with E-state index in [1.807, 2.05) is 6.07 Å². The van der Waals surface area contributed by atoms with Crippen LogP contribution >= 0.6 is 11.6 Å². The Bertz CT molecular complexity index is 350. The second-order valence-electron chi connectivity index (χ2n) is 3.11. The largest absolute Gasteiger partial charge is 0.387 e. The van der Waals surface area contributed by atoms with Crippen molar-refractivity contribution in [3.8, 4) is 0 Å². The zero-order chi connectivity index (χ0) is 10.7. The number of nitrogens with zero attached hydrogens (tertiary/aromatic N) is 1. The van der Waals surface area contributed by atoms with Gasteiger partial charge in [-0.05, 0) is 12.1 Å². The Morgan fingerprint density at radius 1 is 1.43 bits per heavy atom. The standard InChI is InChI=1S/C10H13ClN2O/c1-12-8-6-4-5-7(11)9(8)10(14)13(2)3/h4-6,12H,1-3H3. The molecule has 0 radical (unpaired) electrons. The molecule has 1 rings (SSSR count). The van der Waals surface area contributed by atoms with E-state index in [2.05, 4.69) is 5.32 Å². The summed E-state index contributed by atoms with van der Waals surface area (Å²) in [6.45, 7) is 0. The van der Waals surface area contributed by atoms with E-state index in [0.717, 1.165) is 5.69 Å². The average molecular weight is 213 g/mol. The molecule has 0 aliphatic carbocycles.